The van der Waals surface area contributed by atoms with Crippen LogP contribution in [0, 0.1) is 11.3 Å². The summed E-state index contributed by atoms with van der Waals surface area (Å²) in [5.41, 5.74) is 0.189. The standard InChI is InChI=1S/C17H35N3O/c1-6-8-11-19-16(18-7-2)20-13-14-10-9-12-21-15(14)17(3,4)5/h14-15H,6-13H2,1-5H3,(H2,18,19,20). The maximum atomic E-state index is 6.04. The monoisotopic (exact) mass is 297 g/mol. The lowest BCUT2D eigenvalue weighted by molar-refractivity contribution is -0.0823. The van der Waals surface area contributed by atoms with Gasteiger partial charge in [-0.2, -0.15) is 0 Å². The van der Waals surface area contributed by atoms with Gasteiger partial charge < -0.3 is 15.4 Å². The number of aliphatic imine (C=N–C) groups is 1. The van der Waals surface area contributed by atoms with Crippen molar-refractivity contribution in [3.8, 4) is 0 Å². The van der Waals surface area contributed by atoms with E-state index in [1.54, 1.807) is 0 Å². The molecule has 21 heavy (non-hydrogen) atoms. The molecule has 0 bridgehead atoms. The quantitative estimate of drug-likeness (QED) is 0.450. The molecule has 1 heterocycles. The lowest BCUT2D eigenvalue weighted by atomic mass is 9.78. The molecular formula is C17H35N3O. The summed E-state index contributed by atoms with van der Waals surface area (Å²) in [6.07, 6.45) is 5.08. The van der Waals surface area contributed by atoms with Gasteiger partial charge in [-0.25, -0.2) is 0 Å². The van der Waals surface area contributed by atoms with Gasteiger partial charge in [-0.3, -0.25) is 4.99 Å². The molecule has 4 nitrogen and oxygen atoms in total. The van der Waals surface area contributed by atoms with Crippen molar-refractivity contribution in [2.24, 2.45) is 16.3 Å². The first-order chi connectivity index (χ1) is 9.99. The molecular weight excluding hydrogens is 262 g/mol. The average molecular weight is 297 g/mol. The number of guanidine groups is 1. The Morgan fingerprint density at radius 2 is 2.00 bits per heavy atom. The molecule has 0 aromatic rings. The van der Waals surface area contributed by atoms with E-state index in [9.17, 15) is 0 Å². The summed E-state index contributed by atoms with van der Waals surface area (Å²) in [7, 11) is 0. The Labute approximate surface area is 131 Å². The molecule has 1 saturated heterocycles. The highest BCUT2D eigenvalue weighted by atomic mass is 16.5. The van der Waals surface area contributed by atoms with Gasteiger partial charge in [0.05, 0.1) is 6.10 Å². The number of nitrogens with zero attached hydrogens (tertiary/aromatic N) is 1. The zero-order valence-corrected chi connectivity index (χ0v) is 14.7. The summed E-state index contributed by atoms with van der Waals surface area (Å²) in [6, 6.07) is 0. The molecule has 4 heteroatoms. The van der Waals surface area contributed by atoms with Gasteiger partial charge in [0.25, 0.3) is 0 Å². The van der Waals surface area contributed by atoms with Crippen molar-refractivity contribution < 1.29 is 4.74 Å². The minimum atomic E-state index is 0.189. The molecule has 0 aliphatic carbocycles. The molecule has 1 aliphatic heterocycles. The minimum Gasteiger partial charge on any atom is -0.377 e. The molecule has 0 amide bonds. The first kappa shape index (κ1) is 18.3. The van der Waals surface area contributed by atoms with Crippen LogP contribution in [0.4, 0.5) is 0 Å². The Hall–Kier alpha value is -0.770. The minimum absolute atomic E-state index is 0.189. The summed E-state index contributed by atoms with van der Waals surface area (Å²) < 4.78 is 6.04. The Morgan fingerprint density at radius 3 is 2.62 bits per heavy atom. The number of nitrogens with one attached hydrogen (secondary N) is 2. The van der Waals surface area contributed by atoms with Crippen LogP contribution in [0.2, 0.25) is 0 Å². The van der Waals surface area contributed by atoms with E-state index in [2.05, 4.69) is 45.3 Å². The van der Waals surface area contributed by atoms with E-state index in [0.717, 1.165) is 38.6 Å². The summed E-state index contributed by atoms with van der Waals surface area (Å²) >= 11 is 0. The van der Waals surface area contributed by atoms with E-state index in [0.29, 0.717) is 12.0 Å². The van der Waals surface area contributed by atoms with Gasteiger partial charge in [0, 0.05) is 32.2 Å². The van der Waals surface area contributed by atoms with Crippen LogP contribution >= 0.6 is 0 Å². The maximum absolute atomic E-state index is 6.04. The fourth-order valence-corrected chi connectivity index (χ4v) is 2.92. The predicted octanol–water partition coefficient (Wildman–Crippen LogP) is 3.18. The molecule has 0 radical (unpaired) electrons. The van der Waals surface area contributed by atoms with Crippen molar-refractivity contribution >= 4 is 5.96 Å². The van der Waals surface area contributed by atoms with Crippen molar-refractivity contribution in [3.63, 3.8) is 0 Å². The van der Waals surface area contributed by atoms with Crippen molar-refractivity contribution in [2.45, 2.75) is 66.4 Å². The average Bonchev–Trinajstić information content (AvgIpc) is 2.44. The van der Waals surface area contributed by atoms with Gasteiger partial charge in [-0.15, -0.1) is 0 Å². The van der Waals surface area contributed by atoms with Gasteiger partial charge in [-0.05, 0) is 31.6 Å². The molecule has 0 aromatic carbocycles. The Balaban J connectivity index is 2.59. The number of ether oxygens (including phenoxy) is 1. The highest BCUT2D eigenvalue weighted by Crippen LogP contribution is 2.34. The molecule has 0 aromatic heterocycles. The van der Waals surface area contributed by atoms with E-state index in [-0.39, 0.29) is 5.41 Å². The molecule has 2 atom stereocenters. The molecule has 2 unspecified atom stereocenters. The van der Waals surface area contributed by atoms with Crippen LogP contribution in [0.3, 0.4) is 0 Å². The molecule has 1 aliphatic rings. The van der Waals surface area contributed by atoms with Crippen LogP contribution in [0.1, 0.15) is 60.3 Å². The van der Waals surface area contributed by atoms with Crippen LogP contribution in [-0.4, -0.2) is 38.3 Å². The fraction of sp³-hybridized carbons (Fsp3) is 0.941. The number of hydrogen-bond acceptors (Lipinski definition) is 2. The van der Waals surface area contributed by atoms with Crippen LogP contribution < -0.4 is 10.6 Å². The highest BCUT2D eigenvalue weighted by Gasteiger charge is 2.35. The van der Waals surface area contributed by atoms with Crippen molar-refractivity contribution in [1.82, 2.24) is 10.6 Å². The lowest BCUT2D eigenvalue weighted by Crippen LogP contribution is -2.42. The summed E-state index contributed by atoms with van der Waals surface area (Å²) in [5.74, 6) is 1.48. The van der Waals surface area contributed by atoms with Gasteiger partial charge in [0.2, 0.25) is 0 Å². The van der Waals surface area contributed by atoms with Crippen LogP contribution in [0.15, 0.2) is 4.99 Å². The molecule has 124 valence electrons. The van der Waals surface area contributed by atoms with Crippen molar-refractivity contribution in [3.05, 3.63) is 0 Å². The largest absolute Gasteiger partial charge is 0.377 e. The van der Waals surface area contributed by atoms with Crippen LogP contribution in [0.25, 0.3) is 0 Å². The third-order valence-corrected chi connectivity index (χ3v) is 3.95. The highest BCUT2D eigenvalue weighted by molar-refractivity contribution is 5.79. The second-order valence-electron chi connectivity index (χ2n) is 7.06. The van der Waals surface area contributed by atoms with Gasteiger partial charge >= 0.3 is 0 Å². The number of unbranched alkanes of at least 4 members (excludes halogenated alkanes) is 1. The smallest absolute Gasteiger partial charge is 0.191 e. The topological polar surface area (TPSA) is 45.7 Å². The van der Waals surface area contributed by atoms with E-state index >= 15 is 0 Å². The van der Waals surface area contributed by atoms with Gasteiger partial charge in [0.15, 0.2) is 5.96 Å². The van der Waals surface area contributed by atoms with E-state index in [1.165, 1.54) is 19.3 Å². The predicted molar refractivity (Wildman–Crippen MR) is 90.8 cm³/mol. The van der Waals surface area contributed by atoms with Crippen molar-refractivity contribution in [2.75, 3.05) is 26.2 Å². The zero-order valence-electron chi connectivity index (χ0n) is 14.7. The summed E-state index contributed by atoms with van der Waals surface area (Å²) in [4.78, 5) is 4.79. The van der Waals surface area contributed by atoms with Crippen LogP contribution in [0.5, 0.6) is 0 Å². The Kier molecular flexibility index (Phi) is 8.09. The first-order valence-electron chi connectivity index (χ1n) is 8.62. The fourth-order valence-electron chi connectivity index (χ4n) is 2.92. The first-order valence-corrected chi connectivity index (χ1v) is 8.62. The third kappa shape index (κ3) is 6.68. The molecule has 1 rings (SSSR count). The van der Waals surface area contributed by atoms with Gasteiger partial charge in [-0.1, -0.05) is 34.1 Å². The zero-order chi connectivity index (χ0) is 15.7. The third-order valence-electron chi connectivity index (χ3n) is 3.95. The number of hydrogen-bond donors (Lipinski definition) is 2. The SMILES string of the molecule is CCCCNC(=NCC1CCCOC1C(C)(C)C)NCC. The summed E-state index contributed by atoms with van der Waals surface area (Å²) in [5, 5.41) is 6.75. The summed E-state index contributed by atoms with van der Waals surface area (Å²) in [6.45, 7) is 14.8. The second-order valence-corrected chi connectivity index (χ2v) is 7.06. The van der Waals surface area contributed by atoms with Gasteiger partial charge in [0.1, 0.15) is 0 Å². The van der Waals surface area contributed by atoms with Crippen LogP contribution in [-0.2, 0) is 4.74 Å². The van der Waals surface area contributed by atoms with E-state index < -0.39 is 0 Å². The Bertz CT molecular complexity index is 310. The molecule has 2 N–H and O–H groups in total. The second kappa shape index (κ2) is 9.29. The van der Waals surface area contributed by atoms with E-state index in [4.69, 9.17) is 9.73 Å². The van der Waals surface area contributed by atoms with Crippen molar-refractivity contribution in [1.29, 1.82) is 0 Å². The molecule has 0 saturated carbocycles. The normalized spacial score (nSPS) is 24.0. The molecule has 0 spiro atoms. The number of rotatable bonds is 6. The molecule has 1 fully saturated rings. The Morgan fingerprint density at radius 1 is 1.24 bits per heavy atom. The van der Waals surface area contributed by atoms with E-state index in [1.807, 2.05) is 0 Å². The lowest BCUT2D eigenvalue weighted by Gasteiger charge is -2.39. The maximum Gasteiger partial charge on any atom is 0.191 e.